The number of pyridine rings is 2. The minimum absolute atomic E-state index is 0.135. The van der Waals surface area contributed by atoms with Gasteiger partial charge in [-0.3, -0.25) is 4.79 Å². The summed E-state index contributed by atoms with van der Waals surface area (Å²) in [6, 6.07) is 5.76. The smallest absolute Gasteiger partial charge is 0.242 e. The SMILES string of the molecule is COc1nn(C)c2nc(C)c(CCC(=O)N3CCCN(c4ncccc4C#N)CC3)c(C)c12. The maximum absolute atomic E-state index is 13.1. The van der Waals surface area contributed by atoms with Crippen molar-refractivity contribution >= 4 is 22.8 Å². The lowest BCUT2D eigenvalue weighted by Gasteiger charge is -2.23. The molecule has 1 aliphatic rings. The van der Waals surface area contributed by atoms with Gasteiger partial charge < -0.3 is 14.5 Å². The number of hydrogen-bond acceptors (Lipinski definition) is 7. The molecule has 3 aromatic rings. The summed E-state index contributed by atoms with van der Waals surface area (Å²) in [6.45, 7) is 6.78. The van der Waals surface area contributed by atoms with Gasteiger partial charge in [-0.15, -0.1) is 5.10 Å². The highest BCUT2D eigenvalue weighted by atomic mass is 16.5. The van der Waals surface area contributed by atoms with Crippen LogP contribution in [0.3, 0.4) is 0 Å². The van der Waals surface area contributed by atoms with Crippen molar-refractivity contribution in [2.75, 3.05) is 38.2 Å². The largest absolute Gasteiger partial charge is 0.479 e. The number of carbonyl (C=O) groups excluding carboxylic acids is 1. The fraction of sp³-hybridized carbons (Fsp3) is 0.458. The summed E-state index contributed by atoms with van der Waals surface area (Å²) in [7, 11) is 3.46. The van der Waals surface area contributed by atoms with E-state index < -0.39 is 0 Å². The van der Waals surface area contributed by atoms with E-state index in [2.05, 4.69) is 21.1 Å². The second-order valence-electron chi connectivity index (χ2n) is 8.34. The van der Waals surface area contributed by atoms with Crippen LogP contribution in [0.1, 0.15) is 35.2 Å². The van der Waals surface area contributed by atoms with Gasteiger partial charge in [0.05, 0.1) is 18.1 Å². The number of fused-ring (bicyclic) bond motifs is 1. The van der Waals surface area contributed by atoms with Gasteiger partial charge in [0.2, 0.25) is 11.8 Å². The Morgan fingerprint density at radius 2 is 2.06 bits per heavy atom. The number of methoxy groups -OCH3 is 1. The van der Waals surface area contributed by atoms with E-state index in [1.807, 2.05) is 25.8 Å². The number of carbonyl (C=O) groups is 1. The Hall–Kier alpha value is -3.67. The van der Waals surface area contributed by atoms with E-state index in [9.17, 15) is 10.1 Å². The highest BCUT2D eigenvalue weighted by molar-refractivity contribution is 5.86. The molecule has 0 radical (unpaired) electrons. The third-order valence-electron chi connectivity index (χ3n) is 6.36. The van der Waals surface area contributed by atoms with E-state index in [-0.39, 0.29) is 5.91 Å². The fourth-order valence-electron chi connectivity index (χ4n) is 4.61. The molecule has 0 N–H and O–H groups in total. The van der Waals surface area contributed by atoms with Crippen molar-refractivity contribution in [3.05, 3.63) is 40.7 Å². The zero-order valence-electron chi connectivity index (χ0n) is 19.6. The molecule has 0 bridgehead atoms. The number of aryl methyl sites for hydroxylation is 3. The first-order valence-corrected chi connectivity index (χ1v) is 11.2. The summed E-state index contributed by atoms with van der Waals surface area (Å²) in [6.07, 6.45) is 3.59. The van der Waals surface area contributed by atoms with Gasteiger partial charge in [-0.25, -0.2) is 14.6 Å². The predicted octanol–water partition coefficient (Wildman–Crippen LogP) is 2.53. The third-order valence-corrected chi connectivity index (χ3v) is 6.36. The van der Waals surface area contributed by atoms with Gasteiger partial charge in [0, 0.05) is 51.5 Å². The minimum atomic E-state index is 0.135. The van der Waals surface area contributed by atoms with Crippen molar-refractivity contribution in [2.45, 2.75) is 33.1 Å². The Morgan fingerprint density at radius 1 is 1.24 bits per heavy atom. The summed E-state index contributed by atoms with van der Waals surface area (Å²) < 4.78 is 7.17. The summed E-state index contributed by atoms with van der Waals surface area (Å²) in [5.41, 5.74) is 4.41. The number of ether oxygens (including phenoxy) is 1. The van der Waals surface area contributed by atoms with Gasteiger partial charge in [0.1, 0.15) is 11.9 Å². The summed E-state index contributed by atoms with van der Waals surface area (Å²) in [4.78, 5) is 26.2. The molecule has 3 aromatic heterocycles. The second kappa shape index (κ2) is 9.45. The Balaban J connectivity index is 1.45. The second-order valence-corrected chi connectivity index (χ2v) is 8.34. The van der Waals surface area contributed by atoms with Crippen LogP contribution in [0.4, 0.5) is 5.82 Å². The molecule has 0 aliphatic carbocycles. The van der Waals surface area contributed by atoms with Crippen LogP contribution in [-0.4, -0.2) is 63.8 Å². The molecule has 9 nitrogen and oxygen atoms in total. The summed E-state index contributed by atoms with van der Waals surface area (Å²) in [5.74, 6) is 1.39. The van der Waals surface area contributed by atoms with Gasteiger partial charge in [0.25, 0.3) is 0 Å². The average Bonchev–Trinajstić information content (AvgIpc) is 2.99. The molecule has 172 valence electrons. The lowest BCUT2D eigenvalue weighted by atomic mass is 10.00. The van der Waals surface area contributed by atoms with Crippen LogP contribution in [0, 0.1) is 25.2 Å². The standard InChI is InChI=1S/C24H29N7O2/c1-16-19(17(2)27-23-21(16)24(33-4)28-29(23)3)8-9-20(32)30-11-6-12-31(14-13-30)22-18(15-25)7-5-10-26-22/h5,7,10H,6,8-9,11-14H2,1-4H3. The van der Waals surface area contributed by atoms with E-state index >= 15 is 0 Å². The van der Waals surface area contributed by atoms with Gasteiger partial charge >= 0.3 is 0 Å². The third kappa shape index (κ3) is 4.33. The number of rotatable bonds is 5. The van der Waals surface area contributed by atoms with E-state index in [0.717, 1.165) is 40.8 Å². The molecule has 0 spiro atoms. The first-order chi connectivity index (χ1) is 15.9. The monoisotopic (exact) mass is 447 g/mol. The highest BCUT2D eigenvalue weighted by Gasteiger charge is 2.23. The predicted molar refractivity (Wildman–Crippen MR) is 125 cm³/mol. The average molecular weight is 448 g/mol. The zero-order valence-corrected chi connectivity index (χ0v) is 19.6. The lowest BCUT2D eigenvalue weighted by molar-refractivity contribution is -0.130. The molecule has 0 aromatic carbocycles. The van der Waals surface area contributed by atoms with E-state index in [0.29, 0.717) is 49.7 Å². The van der Waals surface area contributed by atoms with Crippen molar-refractivity contribution in [1.82, 2.24) is 24.6 Å². The number of aromatic nitrogens is 4. The summed E-state index contributed by atoms with van der Waals surface area (Å²) in [5, 5.41) is 14.7. The van der Waals surface area contributed by atoms with Crippen LogP contribution in [0.2, 0.25) is 0 Å². The van der Waals surface area contributed by atoms with Crippen molar-refractivity contribution < 1.29 is 9.53 Å². The lowest BCUT2D eigenvalue weighted by Crippen LogP contribution is -2.35. The molecule has 9 heteroatoms. The molecule has 0 atom stereocenters. The fourth-order valence-corrected chi connectivity index (χ4v) is 4.61. The maximum atomic E-state index is 13.1. The molecule has 1 fully saturated rings. The first-order valence-electron chi connectivity index (χ1n) is 11.2. The maximum Gasteiger partial charge on any atom is 0.242 e. The molecule has 1 saturated heterocycles. The van der Waals surface area contributed by atoms with Crippen molar-refractivity contribution in [2.24, 2.45) is 7.05 Å². The zero-order chi connectivity index (χ0) is 23.5. The van der Waals surface area contributed by atoms with E-state index in [1.54, 1.807) is 30.1 Å². The highest BCUT2D eigenvalue weighted by Crippen LogP contribution is 2.30. The molecule has 0 saturated carbocycles. The summed E-state index contributed by atoms with van der Waals surface area (Å²) >= 11 is 0. The van der Waals surface area contributed by atoms with Gasteiger partial charge in [0.15, 0.2) is 5.65 Å². The van der Waals surface area contributed by atoms with Crippen LogP contribution in [-0.2, 0) is 18.3 Å². The van der Waals surface area contributed by atoms with Crippen LogP contribution in [0.15, 0.2) is 18.3 Å². The minimum Gasteiger partial charge on any atom is -0.479 e. The quantitative estimate of drug-likeness (QED) is 0.592. The molecule has 1 aliphatic heterocycles. The van der Waals surface area contributed by atoms with E-state index in [1.165, 1.54) is 0 Å². The van der Waals surface area contributed by atoms with Crippen LogP contribution < -0.4 is 9.64 Å². The van der Waals surface area contributed by atoms with E-state index in [4.69, 9.17) is 9.72 Å². The van der Waals surface area contributed by atoms with Crippen molar-refractivity contribution in [3.8, 4) is 11.9 Å². The normalized spacial score (nSPS) is 14.3. The number of nitrogens with zero attached hydrogens (tertiary/aromatic N) is 7. The number of anilines is 1. The van der Waals surface area contributed by atoms with Gasteiger partial charge in [-0.2, -0.15) is 5.26 Å². The van der Waals surface area contributed by atoms with Crippen LogP contribution in [0.5, 0.6) is 5.88 Å². The molecule has 1 amide bonds. The van der Waals surface area contributed by atoms with Crippen molar-refractivity contribution in [3.63, 3.8) is 0 Å². The Bertz CT molecular complexity index is 1230. The molecular weight excluding hydrogens is 418 g/mol. The molecular formula is C24H29N7O2. The molecule has 4 heterocycles. The Labute approximate surface area is 193 Å². The van der Waals surface area contributed by atoms with Crippen LogP contribution >= 0.6 is 0 Å². The Morgan fingerprint density at radius 3 is 2.82 bits per heavy atom. The number of hydrogen-bond donors (Lipinski definition) is 0. The Kier molecular flexibility index (Phi) is 6.45. The van der Waals surface area contributed by atoms with Crippen molar-refractivity contribution in [1.29, 1.82) is 5.26 Å². The topological polar surface area (TPSA) is 100 Å². The molecule has 4 rings (SSSR count). The number of nitriles is 1. The van der Waals surface area contributed by atoms with Gasteiger partial charge in [-0.05, 0) is 49.9 Å². The molecule has 33 heavy (non-hydrogen) atoms. The van der Waals surface area contributed by atoms with Crippen LogP contribution in [0.25, 0.3) is 11.0 Å². The first kappa shape index (κ1) is 22.5. The van der Waals surface area contributed by atoms with Gasteiger partial charge in [-0.1, -0.05) is 0 Å². The number of amides is 1. The molecule has 0 unspecified atom stereocenters.